The van der Waals surface area contributed by atoms with Crippen molar-refractivity contribution in [1.82, 2.24) is 4.90 Å². The molecule has 1 N–H and O–H groups in total. The summed E-state index contributed by atoms with van der Waals surface area (Å²) < 4.78 is 0. The van der Waals surface area contributed by atoms with Gasteiger partial charge in [-0.15, -0.1) is 0 Å². The molecule has 0 aliphatic carbocycles. The monoisotopic (exact) mass is 254 g/mol. The average molecular weight is 255 g/mol. The van der Waals surface area contributed by atoms with Crippen LogP contribution in [0.15, 0.2) is 24.3 Å². The predicted octanol–water partition coefficient (Wildman–Crippen LogP) is 3.87. The third-order valence-electron chi connectivity index (χ3n) is 2.70. The second-order valence-corrected chi connectivity index (χ2v) is 4.66. The van der Waals surface area contributed by atoms with Crippen LogP contribution in [0.4, 0.5) is 5.69 Å². The summed E-state index contributed by atoms with van der Waals surface area (Å²) in [5, 5.41) is 4.18. The van der Waals surface area contributed by atoms with Gasteiger partial charge in [0.1, 0.15) is 0 Å². The maximum Gasteiger partial charge on any atom is 0.0637 e. The van der Waals surface area contributed by atoms with E-state index in [1.165, 1.54) is 25.9 Å². The number of halogens is 1. The normalized spacial score (nSPS) is 10.8. The number of nitrogens with one attached hydrogen (secondary N) is 1. The van der Waals surface area contributed by atoms with E-state index in [4.69, 9.17) is 11.6 Å². The van der Waals surface area contributed by atoms with Crippen LogP contribution < -0.4 is 5.32 Å². The molecule has 96 valence electrons. The van der Waals surface area contributed by atoms with E-state index < -0.39 is 0 Å². The number of hydrogen-bond acceptors (Lipinski definition) is 2. The first kappa shape index (κ1) is 14.3. The van der Waals surface area contributed by atoms with Crippen molar-refractivity contribution in [2.75, 3.05) is 31.5 Å². The number of anilines is 1. The van der Waals surface area contributed by atoms with Crippen molar-refractivity contribution in [3.05, 3.63) is 29.3 Å². The van der Waals surface area contributed by atoms with E-state index in [9.17, 15) is 0 Å². The van der Waals surface area contributed by atoms with E-state index >= 15 is 0 Å². The van der Waals surface area contributed by atoms with Gasteiger partial charge in [0, 0.05) is 13.1 Å². The zero-order valence-corrected chi connectivity index (χ0v) is 11.6. The van der Waals surface area contributed by atoms with Gasteiger partial charge in [-0.1, -0.05) is 37.6 Å². The lowest BCUT2D eigenvalue weighted by Gasteiger charge is -2.21. The molecule has 0 fully saturated rings. The van der Waals surface area contributed by atoms with Crippen LogP contribution in [-0.2, 0) is 0 Å². The number of rotatable bonds is 8. The molecule has 2 nitrogen and oxygen atoms in total. The van der Waals surface area contributed by atoms with E-state index in [-0.39, 0.29) is 0 Å². The van der Waals surface area contributed by atoms with Gasteiger partial charge in [0.25, 0.3) is 0 Å². The fourth-order valence-corrected chi connectivity index (χ4v) is 2.12. The molecule has 0 unspecified atom stereocenters. The highest BCUT2D eigenvalue weighted by Crippen LogP contribution is 2.19. The smallest absolute Gasteiger partial charge is 0.0637 e. The molecule has 0 aliphatic heterocycles. The molecule has 0 saturated heterocycles. The van der Waals surface area contributed by atoms with Crippen LogP contribution in [0.1, 0.15) is 26.7 Å². The Bertz CT molecular complexity index is 309. The van der Waals surface area contributed by atoms with Crippen molar-refractivity contribution in [1.29, 1.82) is 0 Å². The third-order valence-corrected chi connectivity index (χ3v) is 3.03. The summed E-state index contributed by atoms with van der Waals surface area (Å²) in [6.45, 7) is 8.83. The van der Waals surface area contributed by atoms with Crippen molar-refractivity contribution in [3.63, 3.8) is 0 Å². The van der Waals surface area contributed by atoms with E-state index in [1.807, 2.05) is 24.3 Å². The van der Waals surface area contributed by atoms with Gasteiger partial charge in [-0.2, -0.15) is 0 Å². The molecule has 0 aliphatic rings. The first-order valence-corrected chi connectivity index (χ1v) is 6.86. The van der Waals surface area contributed by atoms with Gasteiger partial charge in [-0.25, -0.2) is 0 Å². The van der Waals surface area contributed by atoms with Crippen molar-refractivity contribution >= 4 is 17.3 Å². The van der Waals surface area contributed by atoms with E-state index in [0.29, 0.717) is 0 Å². The zero-order chi connectivity index (χ0) is 12.5. The maximum absolute atomic E-state index is 6.09. The Kier molecular flexibility index (Phi) is 7.06. The van der Waals surface area contributed by atoms with Gasteiger partial charge < -0.3 is 10.2 Å². The number of hydrogen-bond donors (Lipinski definition) is 1. The summed E-state index contributed by atoms with van der Waals surface area (Å²) in [6, 6.07) is 7.89. The summed E-state index contributed by atoms with van der Waals surface area (Å²) in [4.78, 5) is 2.49. The van der Waals surface area contributed by atoms with Crippen LogP contribution in [0.3, 0.4) is 0 Å². The van der Waals surface area contributed by atoms with Crippen LogP contribution >= 0.6 is 11.6 Å². The molecule has 0 saturated carbocycles. The molecular formula is C14H23ClN2. The molecule has 0 heterocycles. The highest BCUT2D eigenvalue weighted by atomic mass is 35.5. The summed E-state index contributed by atoms with van der Waals surface area (Å²) in [5.41, 5.74) is 1.03. The standard InChI is InChI=1S/C14H23ClN2/c1-3-10-17(11-4-2)12-9-16-14-8-6-5-7-13(14)15/h5-8,16H,3-4,9-12H2,1-2H3. The lowest BCUT2D eigenvalue weighted by atomic mass is 10.3. The number of benzene rings is 1. The van der Waals surface area contributed by atoms with Crippen molar-refractivity contribution < 1.29 is 0 Å². The predicted molar refractivity (Wildman–Crippen MR) is 77.0 cm³/mol. The molecule has 0 aromatic heterocycles. The van der Waals surface area contributed by atoms with Crippen molar-refractivity contribution in [2.45, 2.75) is 26.7 Å². The molecule has 1 aromatic carbocycles. The first-order valence-electron chi connectivity index (χ1n) is 6.48. The maximum atomic E-state index is 6.09. The fourth-order valence-electron chi connectivity index (χ4n) is 1.92. The van der Waals surface area contributed by atoms with E-state index in [0.717, 1.165) is 23.8 Å². The highest BCUT2D eigenvalue weighted by molar-refractivity contribution is 6.33. The second-order valence-electron chi connectivity index (χ2n) is 4.25. The average Bonchev–Trinajstić information content (AvgIpc) is 2.32. The van der Waals surface area contributed by atoms with E-state index in [2.05, 4.69) is 24.1 Å². The lowest BCUT2D eigenvalue weighted by Crippen LogP contribution is -2.30. The number of nitrogens with zero attached hydrogens (tertiary/aromatic N) is 1. The highest BCUT2D eigenvalue weighted by Gasteiger charge is 2.02. The minimum absolute atomic E-state index is 0.796. The van der Waals surface area contributed by atoms with Gasteiger partial charge in [-0.05, 0) is 38.1 Å². The Morgan fingerprint density at radius 1 is 1.06 bits per heavy atom. The van der Waals surface area contributed by atoms with Crippen molar-refractivity contribution in [3.8, 4) is 0 Å². The molecule has 17 heavy (non-hydrogen) atoms. The minimum atomic E-state index is 0.796. The Morgan fingerprint density at radius 3 is 2.29 bits per heavy atom. The van der Waals surface area contributed by atoms with Crippen LogP contribution in [0.5, 0.6) is 0 Å². The molecule has 0 spiro atoms. The summed E-state index contributed by atoms with van der Waals surface area (Å²) in [7, 11) is 0. The molecule has 0 radical (unpaired) electrons. The van der Waals surface area contributed by atoms with Crippen LogP contribution in [0, 0.1) is 0 Å². The largest absolute Gasteiger partial charge is 0.383 e. The summed E-state index contributed by atoms with van der Waals surface area (Å²) in [6.07, 6.45) is 2.43. The molecule has 0 bridgehead atoms. The van der Waals surface area contributed by atoms with Gasteiger partial charge in [-0.3, -0.25) is 0 Å². The zero-order valence-electron chi connectivity index (χ0n) is 10.9. The van der Waals surface area contributed by atoms with Gasteiger partial charge in [0.05, 0.1) is 10.7 Å². The minimum Gasteiger partial charge on any atom is -0.383 e. The quantitative estimate of drug-likeness (QED) is 0.758. The topological polar surface area (TPSA) is 15.3 Å². The van der Waals surface area contributed by atoms with Gasteiger partial charge in [0.2, 0.25) is 0 Å². The molecule has 1 rings (SSSR count). The third kappa shape index (κ3) is 5.42. The number of para-hydroxylation sites is 1. The Morgan fingerprint density at radius 2 is 1.71 bits per heavy atom. The molecule has 1 aromatic rings. The van der Waals surface area contributed by atoms with Crippen LogP contribution in [0.2, 0.25) is 5.02 Å². The molecular weight excluding hydrogens is 232 g/mol. The Labute approximate surface area is 110 Å². The summed E-state index contributed by atoms with van der Waals surface area (Å²) >= 11 is 6.09. The molecule has 0 amide bonds. The molecule has 0 atom stereocenters. The summed E-state index contributed by atoms with van der Waals surface area (Å²) in [5.74, 6) is 0. The Balaban J connectivity index is 2.33. The SMILES string of the molecule is CCCN(CCC)CCNc1ccccc1Cl. The van der Waals surface area contributed by atoms with Crippen LogP contribution in [0.25, 0.3) is 0 Å². The lowest BCUT2D eigenvalue weighted by molar-refractivity contribution is 0.285. The second kappa shape index (κ2) is 8.37. The van der Waals surface area contributed by atoms with Crippen molar-refractivity contribution in [2.24, 2.45) is 0 Å². The van der Waals surface area contributed by atoms with Gasteiger partial charge >= 0.3 is 0 Å². The van der Waals surface area contributed by atoms with E-state index in [1.54, 1.807) is 0 Å². The Hall–Kier alpha value is -0.730. The first-order chi connectivity index (χ1) is 8.27. The van der Waals surface area contributed by atoms with Gasteiger partial charge in [0.15, 0.2) is 0 Å². The fraction of sp³-hybridized carbons (Fsp3) is 0.571. The van der Waals surface area contributed by atoms with Crippen LogP contribution in [-0.4, -0.2) is 31.1 Å². The molecule has 3 heteroatoms.